The summed E-state index contributed by atoms with van der Waals surface area (Å²) in [6.07, 6.45) is 3.81. The number of carbonyl (C=O) groups excluding carboxylic acids is 2. The van der Waals surface area contributed by atoms with Crippen LogP contribution in [0.4, 0.5) is 4.79 Å². The zero-order chi connectivity index (χ0) is 18.1. The summed E-state index contributed by atoms with van der Waals surface area (Å²) in [5.41, 5.74) is 11.3. The van der Waals surface area contributed by atoms with Gasteiger partial charge in [-0.25, -0.2) is 4.79 Å². The number of cyclic esters (lactones) is 1. The smallest absolute Gasteiger partial charge is 0.312 e. The number of nitrogens with two attached hydrogens (primary N) is 1. The summed E-state index contributed by atoms with van der Waals surface area (Å²) in [6.45, 7) is 0.797. The standard InChI is InChI=1S/C19H18N4O3/c20-19(25)23-10-15-6-13-7-16-14(5-12(13)8-17(24)26-15)9-22-18(16)11-1-3-21-4-2-11/h1-5,7,15H,6,8-10H2,(H3,20,23,25). The summed E-state index contributed by atoms with van der Waals surface area (Å²) >= 11 is 0. The highest BCUT2D eigenvalue weighted by Crippen LogP contribution is 2.29. The molecule has 2 aliphatic rings. The van der Waals surface area contributed by atoms with Gasteiger partial charge in [-0.3, -0.25) is 14.8 Å². The maximum Gasteiger partial charge on any atom is 0.312 e. The van der Waals surface area contributed by atoms with Crippen LogP contribution in [0, 0.1) is 0 Å². The molecule has 132 valence electrons. The van der Waals surface area contributed by atoms with E-state index in [4.69, 9.17) is 10.5 Å². The molecule has 2 amide bonds. The molecule has 0 aliphatic carbocycles. The van der Waals surface area contributed by atoms with Crippen molar-refractivity contribution in [1.82, 2.24) is 10.3 Å². The quantitative estimate of drug-likeness (QED) is 0.809. The second kappa shape index (κ2) is 6.59. The van der Waals surface area contributed by atoms with Crippen LogP contribution < -0.4 is 11.1 Å². The Balaban J connectivity index is 1.67. The zero-order valence-electron chi connectivity index (χ0n) is 14.1. The highest BCUT2D eigenvalue weighted by molar-refractivity contribution is 6.15. The Morgan fingerprint density at radius 1 is 1.23 bits per heavy atom. The Hall–Kier alpha value is -3.22. The van der Waals surface area contributed by atoms with E-state index in [0.29, 0.717) is 13.0 Å². The van der Waals surface area contributed by atoms with Gasteiger partial charge in [0.05, 0.1) is 25.2 Å². The molecule has 0 fully saturated rings. The lowest BCUT2D eigenvalue weighted by molar-refractivity contribution is -0.147. The molecule has 1 unspecified atom stereocenters. The topological polar surface area (TPSA) is 107 Å². The molecule has 3 heterocycles. The number of nitrogens with one attached hydrogen (secondary N) is 1. The van der Waals surface area contributed by atoms with Crippen LogP contribution in [0.3, 0.4) is 0 Å². The number of benzene rings is 1. The molecular formula is C19H18N4O3. The van der Waals surface area contributed by atoms with Crippen LogP contribution in [0.1, 0.15) is 27.8 Å². The predicted molar refractivity (Wildman–Crippen MR) is 94.9 cm³/mol. The molecule has 3 N–H and O–H groups in total. The van der Waals surface area contributed by atoms with Gasteiger partial charge in [0.1, 0.15) is 6.10 Å². The number of rotatable bonds is 3. The lowest BCUT2D eigenvalue weighted by Gasteiger charge is -2.16. The SMILES string of the molecule is NC(=O)NCC1Cc2cc3c(cc2CC(=O)O1)CN=C3c1ccncc1. The van der Waals surface area contributed by atoms with Gasteiger partial charge in [-0.2, -0.15) is 0 Å². The van der Waals surface area contributed by atoms with Crippen LogP contribution in [0.5, 0.6) is 0 Å². The number of amides is 2. The number of primary amides is 1. The summed E-state index contributed by atoms with van der Waals surface area (Å²) in [7, 11) is 0. The van der Waals surface area contributed by atoms with Crippen molar-refractivity contribution in [3.63, 3.8) is 0 Å². The molecule has 0 radical (unpaired) electrons. The van der Waals surface area contributed by atoms with E-state index in [1.165, 1.54) is 0 Å². The highest BCUT2D eigenvalue weighted by atomic mass is 16.5. The molecule has 2 aromatic rings. The number of fused-ring (bicyclic) bond motifs is 2. The van der Waals surface area contributed by atoms with E-state index in [2.05, 4.69) is 21.4 Å². The normalized spacial score (nSPS) is 18.2. The van der Waals surface area contributed by atoms with Crippen molar-refractivity contribution in [2.24, 2.45) is 10.7 Å². The summed E-state index contributed by atoms with van der Waals surface area (Å²) in [5.74, 6) is -0.298. The molecule has 26 heavy (non-hydrogen) atoms. The Morgan fingerprint density at radius 2 is 2.04 bits per heavy atom. The average molecular weight is 350 g/mol. The molecule has 1 atom stereocenters. The van der Waals surface area contributed by atoms with Crippen molar-refractivity contribution >= 4 is 17.7 Å². The van der Waals surface area contributed by atoms with Crippen LogP contribution in [-0.4, -0.2) is 35.3 Å². The number of hydrogen-bond acceptors (Lipinski definition) is 5. The van der Waals surface area contributed by atoms with E-state index in [1.54, 1.807) is 12.4 Å². The number of aromatic nitrogens is 1. The highest BCUT2D eigenvalue weighted by Gasteiger charge is 2.26. The third-order valence-corrected chi connectivity index (χ3v) is 4.63. The molecule has 2 aliphatic heterocycles. The first-order chi connectivity index (χ1) is 12.6. The van der Waals surface area contributed by atoms with Gasteiger partial charge in [-0.1, -0.05) is 6.07 Å². The Labute approximate surface area is 150 Å². The van der Waals surface area contributed by atoms with Gasteiger partial charge < -0.3 is 15.8 Å². The third kappa shape index (κ3) is 3.15. The fourth-order valence-electron chi connectivity index (χ4n) is 3.45. The number of pyridine rings is 1. The van der Waals surface area contributed by atoms with Crippen LogP contribution in [0.15, 0.2) is 41.7 Å². The van der Waals surface area contributed by atoms with E-state index in [0.717, 1.165) is 33.5 Å². The van der Waals surface area contributed by atoms with Gasteiger partial charge in [0, 0.05) is 29.9 Å². The fraction of sp³-hybridized carbons (Fsp3) is 0.263. The molecule has 0 saturated carbocycles. The van der Waals surface area contributed by atoms with Crippen LogP contribution in [0.2, 0.25) is 0 Å². The van der Waals surface area contributed by atoms with Gasteiger partial charge in [-0.15, -0.1) is 0 Å². The van der Waals surface area contributed by atoms with Crippen molar-refractivity contribution < 1.29 is 14.3 Å². The summed E-state index contributed by atoms with van der Waals surface area (Å²) in [6, 6.07) is 7.38. The Morgan fingerprint density at radius 3 is 2.81 bits per heavy atom. The van der Waals surface area contributed by atoms with Gasteiger partial charge >= 0.3 is 12.0 Å². The second-order valence-corrected chi connectivity index (χ2v) is 6.42. The van der Waals surface area contributed by atoms with Crippen LogP contribution in [0.25, 0.3) is 0 Å². The number of urea groups is 1. The van der Waals surface area contributed by atoms with E-state index in [9.17, 15) is 9.59 Å². The van der Waals surface area contributed by atoms with E-state index in [-0.39, 0.29) is 18.9 Å². The number of esters is 1. The average Bonchev–Trinajstić information content (AvgIpc) is 2.95. The first-order valence-corrected chi connectivity index (χ1v) is 8.43. The minimum absolute atomic E-state index is 0.197. The van der Waals surface area contributed by atoms with Crippen LogP contribution in [-0.2, 0) is 28.9 Å². The number of nitrogens with zero attached hydrogens (tertiary/aromatic N) is 2. The van der Waals surface area contributed by atoms with Gasteiger partial charge in [0.2, 0.25) is 0 Å². The largest absolute Gasteiger partial charge is 0.460 e. The molecule has 7 nitrogen and oxygen atoms in total. The fourth-order valence-corrected chi connectivity index (χ4v) is 3.45. The first-order valence-electron chi connectivity index (χ1n) is 8.43. The third-order valence-electron chi connectivity index (χ3n) is 4.63. The number of aliphatic imine (C=N–C) groups is 1. The summed E-state index contributed by atoms with van der Waals surface area (Å²) in [5, 5.41) is 2.51. The van der Waals surface area contributed by atoms with Crippen molar-refractivity contribution in [1.29, 1.82) is 0 Å². The molecule has 0 bridgehead atoms. The molecular weight excluding hydrogens is 332 g/mol. The molecule has 0 saturated heterocycles. The van der Waals surface area contributed by atoms with Gasteiger partial charge in [0.15, 0.2) is 0 Å². The maximum atomic E-state index is 12.1. The Kier molecular flexibility index (Phi) is 4.12. The molecule has 1 aromatic heterocycles. The van der Waals surface area contributed by atoms with Crippen LogP contribution >= 0.6 is 0 Å². The van der Waals surface area contributed by atoms with Crippen molar-refractivity contribution in [2.45, 2.75) is 25.5 Å². The van der Waals surface area contributed by atoms with E-state index < -0.39 is 12.1 Å². The predicted octanol–water partition coefficient (Wildman–Crippen LogP) is 1.11. The molecule has 1 aromatic carbocycles. The monoisotopic (exact) mass is 350 g/mol. The molecule has 0 spiro atoms. The number of ether oxygens (including phenoxy) is 1. The molecule has 7 heteroatoms. The lowest BCUT2D eigenvalue weighted by Crippen LogP contribution is -2.38. The Bertz CT molecular complexity index is 909. The first kappa shape index (κ1) is 16.3. The minimum Gasteiger partial charge on any atom is -0.460 e. The van der Waals surface area contributed by atoms with Crippen molar-refractivity contribution in [3.8, 4) is 0 Å². The van der Waals surface area contributed by atoms with Crippen molar-refractivity contribution in [3.05, 3.63) is 64.5 Å². The van der Waals surface area contributed by atoms with Gasteiger partial charge in [0.25, 0.3) is 0 Å². The van der Waals surface area contributed by atoms with E-state index >= 15 is 0 Å². The summed E-state index contributed by atoms with van der Waals surface area (Å²) < 4.78 is 5.44. The minimum atomic E-state index is -0.633. The molecule has 4 rings (SSSR count). The van der Waals surface area contributed by atoms with Crippen molar-refractivity contribution in [2.75, 3.05) is 6.54 Å². The zero-order valence-corrected chi connectivity index (χ0v) is 14.1. The maximum absolute atomic E-state index is 12.1. The second-order valence-electron chi connectivity index (χ2n) is 6.42. The number of hydrogen-bond donors (Lipinski definition) is 2. The summed E-state index contributed by atoms with van der Waals surface area (Å²) in [4.78, 5) is 31.8. The van der Waals surface area contributed by atoms with Gasteiger partial charge in [-0.05, 0) is 34.9 Å². The lowest BCUT2D eigenvalue weighted by atomic mass is 9.92. The van der Waals surface area contributed by atoms with E-state index in [1.807, 2.05) is 18.2 Å². The number of carbonyl (C=O) groups is 2.